The van der Waals surface area contributed by atoms with Crippen LogP contribution in [0.2, 0.25) is 0 Å². The molecule has 0 spiro atoms. The Balaban J connectivity index is 2.31. The molecule has 0 amide bonds. The third kappa shape index (κ3) is 0.849. The van der Waals surface area contributed by atoms with Gasteiger partial charge in [-0.2, -0.15) is 0 Å². The van der Waals surface area contributed by atoms with E-state index in [1.807, 2.05) is 18.2 Å². The second-order valence-corrected chi connectivity index (χ2v) is 4.08. The summed E-state index contributed by atoms with van der Waals surface area (Å²) in [6.45, 7) is 0. The van der Waals surface area contributed by atoms with Gasteiger partial charge in [-0.3, -0.25) is 0 Å². The van der Waals surface area contributed by atoms with Crippen molar-refractivity contribution in [2.45, 2.75) is 0 Å². The van der Waals surface area contributed by atoms with Crippen molar-refractivity contribution in [2.24, 2.45) is 0 Å². The lowest BCUT2D eigenvalue weighted by atomic mass is 10.0. The standard InChI is InChI=1S/C16H8/c1-2-8-13-12(7-1)14-9-3-5-11-6-4-10-15(13)16(11)14/h1-5,7,9-10H. The number of rotatable bonds is 0. The molecule has 3 aromatic rings. The predicted octanol–water partition coefficient (Wildman–Crippen LogP) is 4.09. The summed E-state index contributed by atoms with van der Waals surface area (Å²) < 4.78 is 0. The van der Waals surface area contributed by atoms with E-state index in [0.717, 1.165) is 0 Å². The molecule has 4 rings (SSSR count). The molecule has 0 heteroatoms. The molecular formula is C16H8. The topological polar surface area (TPSA) is 0 Å². The lowest BCUT2D eigenvalue weighted by Gasteiger charge is -1.99. The molecule has 1 aliphatic rings. The van der Waals surface area contributed by atoms with E-state index in [1.54, 1.807) is 0 Å². The van der Waals surface area contributed by atoms with Gasteiger partial charge in [-0.1, -0.05) is 48.5 Å². The molecule has 0 aromatic heterocycles. The van der Waals surface area contributed by atoms with Crippen molar-refractivity contribution < 1.29 is 0 Å². The molecule has 2 radical (unpaired) electrons. The Kier molecular flexibility index (Phi) is 1.39. The van der Waals surface area contributed by atoms with Crippen molar-refractivity contribution in [3.05, 3.63) is 60.7 Å². The van der Waals surface area contributed by atoms with Crippen molar-refractivity contribution in [3.8, 4) is 22.3 Å². The van der Waals surface area contributed by atoms with Gasteiger partial charge in [0.05, 0.1) is 0 Å². The van der Waals surface area contributed by atoms with Crippen LogP contribution in [0.4, 0.5) is 0 Å². The van der Waals surface area contributed by atoms with Crippen LogP contribution in [0.5, 0.6) is 0 Å². The summed E-state index contributed by atoms with van der Waals surface area (Å²) in [4.78, 5) is 0. The van der Waals surface area contributed by atoms with Gasteiger partial charge in [-0.15, -0.1) is 0 Å². The van der Waals surface area contributed by atoms with Crippen LogP contribution in [0.25, 0.3) is 33.0 Å². The van der Waals surface area contributed by atoms with E-state index in [1.165, 1.54) is 33.0 Å². The SMILES string of the molecule is [c]1cccc2c1-c1cc[c]c3cccc-2c13. The fourth-order valence-corrected chi connectivity index (χ4v) is 2.58. The smallest absolute Gasteiger partial charge is 0.00199 e. The zero-order valence-electron chi connectivity index (χ0n) is 8.62. The quantitative estimate of drug-likeness (QED) is 0.401. The van der Waals surface area contributed by atoms with E-state index in [9.17, 15) is 0 Å². The summed E-state index contributed by atoms with van der Waals surface area (Å²) >= 11 is 0. The predicted molar refractivity (Wildman–Crippen MR) is 66.1 cm³/mol. The lowest BCUT2D eigenvalue weighted by Crippen LogP contribution is -1.74. The second kappa shape index (κ2) is 2.73. The minimum atomic E-state index is 1.19. The Morgan fingerprint density at radius 3 is 2.62 bits per heavy atom. The van der Waals surface area contributed by atoms with Crippen molar-refractivity contribution >= 4 is 10.8 Å². The van der Waals surface area contributed by atoms with Crippen molar-refractivity contribution in [1.29, 1.82) is 0 Å². The summed E-state index contributed by atoms with van der Waals surface area (Å²) in [5.41, 5.74) is 5.13. The van der Waals surface area contributed by atoms with E-state index in [-0.39, 0.29) is 0 Å². The number of hydrogen-bond donors (Lipinski definition) is 0. The highest BCUT2D eigenvalue weighted by atomic mass is 14.2. The van der Waals surface area contributed by atoms with E-state index >= 15 is 0 Å². The first-order valence-electron chi connectivity index (χ1n) is 5.40. The van der Waals surface area contributed by atoms with Crippen molar-refractivity contribution in [2.75, 3.05) is 0 Å². The van der Waals surface area contributed by atoms with Crippen molar-refractivity contribution in [3.63, 3.8) is 0 Å². The van der Waals surface area contributed by atoms with Gasteiger partial charge in [0, 0.05) is 0 Å². The van der Waals surface area contributed by atoms with Gasteiger partial charge in [-0.25, -0.2) is 0 Å². The first kappa shape index (κ1) is 8.12. The molecule has 0 atom stereocenters. The van der Waals surface area contributed by atoms with Crippen LogP contribution in [0.3, 0.4) is 0 Å². The molecule has 0 saturated carbocycles. The summed E-state index contributed by atoms with van der Waals surface area (Å²) in [5.74, 6) is 0. The molecule has 0 fully saturated rings. The van der Waals surface area contributed by atoms with Gasteiger partial charge in [-0.05, 0) is 45.2 Å². The van der Waals surface area contributed by atoms with Crippen LogP contribution in [-0.4, -0.2) is 0 Å². The Morgan fingerprint density at radius 1 is 0.688 bits per heavy atom. The number of fused-ring (bicyclic) bond motifs is 3. The average Bonchev–Trinajstić information content (AvgIpc) is 2.68. The third-order valence-electron chi connectivity index (χ3n) is 3.24. The Morgan fingerprint density at radius 2 is 1.62 bits per heavy atom. The molecular weight excluding hydrogens is 192 g/mol. The van der Waals surface area contributed by atoms with Crippen LogP contribution in [0.1, 0.15) is 0 Å². The van der Waals surface area contributed by atoms with Gasteiger partial charge in [0.15, 0.2) is 0 Å². The average molecular weight is 200 g/mol. The second-order valence-electron chi connectivity index (χ2n) is 4.08. The van der Waals surface area contributed by atoms with Gasteiger partial charge in [0.25, 0.3) is 0 Å². The van der Waals surface area contributed by atoms with E-state index in [0.29, 0.717) is 0 Å². The van der Waals surface area contributed by atoms with Crippen LogP contribution in [-0.2, 0) is 0 Å². The maximum Gasteiger partial charge on any atom is -0.00199 e. The van der Waals surface area contributed by atoms with Gasteiger partial charge >= 0.3 is 0 Å². The zero-order chi connectivity index (χ0) is 10.5. The van der Waals surface area contributed by atoms with Crippen LogP contribution in [0.15, 0.2) is 48.5 Å². The molecule has 0 unspecified atom stereocenters. The first-order valence-corrected chi connectivity index (χ1v) is 5.40. The first-order chi connectivity index (χ1) is 7.95. The van der Waals surface area contributed by atoms with Gasteiger partial charge in [0.2, 0.25) is 0 Å². The number of hydrogen-bond acceptors (Lipinski definition) is 0. The fourth-order valence-electron chi connectivity index (χ4n) is 2.58. The van der Waals surface area contributed by atoms with Crippen LogP contribution < -0.4 is 0 Å². The van der Waals surface area contributed by atoms with E-state index < -0.39 is 0 Å². The lowest BCUT2D eigenvalue weighted by molar-refractivity contribution is 1.68. The van der Waals surface area contributed by atoms with Crippen molar-refractivity contribution in [1.82, 2.24) is 0 Å². The van der Waals surface area contributed by atoms with Gasteiger partial charge < -0.3 is 0 Å². The molecule has 0 N–H and O–H groups in total. The highest BCUT2D eigenvalue weighted by Gasteiger charge is 2.19. The third-order valence-corrected chi connectivity index (χ3v) is 3.24. The normalized spacial score (nSPS) is 11.8. The molecule has 0 nitrogen and oxygen atoms in total. The molecule has 0 bridgehead atoms. The minimum absolute atomic E-state index is 1.19. The summed E-state index contributed by atoms with van der Waals surface area (Å²) in [6.07, 6.45) is 0. The minimum Gasteiger partial charge on any atom is -0.0610 e. The monoisotopic (exact) mass is 200 g/mol. The molecule has 72 valence electrons. The molecule has 1 aliphatic carbocycles. The zero-order valence-corrected chi connectivity index (χ0v) is 8.62. The molecule has 0 saturated heterocycles. The van der Waals surface area contributed by atoms with E-state index in [2.05, 4.69) is 42.5 Å². The largest absolute Gasteiger partial charge is 0.0610 e. The molecule has 16 heavy (non-hydrogen) atoms. The highest BCUT2D eigenvalue weighted by Crippen LogP contribution is 2.46. The van der Waals surface area contributed by atoms with Crippen LogP contribution >= 0.6 is 0 Å². The summed E-state index contributed by atoms with van der Waals surface area (Å²) in [5, 5.41) is 2.52. The molecule has 0 heterocycles. The van der Waals surface area contributed by atoms with Crippen LogP contribution in [0, 0.1) is 12.1 Å². The highest BCUT2D eigenvalue weighted by molar-refractivity contribution is 6.14. The maximum absolute atomic E-state index is 3.34. The van der Waals surface area contributed by atoms with E-state index in [4.69, 9.17) is 0 Å². The van der Waals surface area contributed by atoms with Gasteiger partial charge in [0.1, 0.15) is 0 Å². The molecule has 3 aromatic carbocycles. The molecule has 0 aliphatic heterocycles. The Labute approximate surface area is 94.2 Å². The Hall–Kier alpha value is -2.08. The number of benzene rings is 3. The fraction of sp³-hybridized carbons (Fsp3) is 0. The Bertz CT molecular complexity index is 650. The summed E-state index contributed by atoms with van der Waals surface area (Å²) in [6, 6.07) is 23.4. The summed E-state index contributed by atoms with van der Waals surface area (Å²) in [7, 11) is 0. The maximum atomic E-state index is 3.34.